The Balaban J connectivity index is 1.72. The van der Waals surface area contributed by atoms with Gasteiger partial charge in [0.05, 0.1) is 41.1 Å². The fraction of sp³-hybridized carbons (Fsp3) is 0.143. The molecule has 0 fully saturated rings. The minimum atomic E-state index is -0.584. The maximum absolute atomic E-state index is 12.1. The number of anilines is 1. The summed E-state index contributed by atoms with van der Waals surface area (Å²) in [5.41, 5.74) is 3.97. The first-order chi connectivity index (χ1) is 10.7. The third-order valence-electron chi connectivity index (χ3n) is 3.06. The van der Waals surface area contributed by atoms with E-state index in [4.69, 9.17) is 0 Å². The van der Waals surface area contributed by atoms with E-state index in [-0.39, 0.29) is 18.0 Å². The molecule has 2 aromatic heterocycles. The summed E-state index contributed by atoms with van der Waals surface area (Å²) >= 11 is 1.52. The predicted octanol–water partition coefficient (Wildman–Crippen LogP) is 1.99. The molecule has 3 aromatic rings. The summed E-state index contributed by atoms with van der Waals surface area (Å²) in [6, 6.07) is 5.67. The van der Waals surface area contributed by atoms with Crippen molar-refractivity contribution in [3.05, 3.63) is 41.2 Å². The second kappa shape index (κ2) is 5.94. The summed E-state index contributed by atoms with van der Waals surface area (Å²) in [6.07, 6.45) is 1.57. The van der Waals surface area contributed by atoms with Crippen LogP contribution in [0.2, 0.25) is 0 Å². The predicted molar refractivity (Wildman–Crippen MR) is 81.9 cm³/mol. The Bertz CT molecular complexity index is 839. The molecule has 7 nitrogen and oxygen atoms in total. The fourth-order valence-corrected chi connectivity index (χ4v) is 2.77. The Labute approximate surface area is 129 Å². The number of benzene rings is 1. The normalized spacial score (nSPS) is 10.6. The van der Waals surface area contributed by atoms with E-state index < -0.39 is 5.97 Å². The number of H-pyrrole nitrogens is 1. The van der Waals surface area contributed by atoms with Crippen molar-refractivity contribution in [1.82, 2.24) is 15.2 Å². The summed E-state index contributed by atoms with van der Waals surface area (Å²) in [5.74, 6) is -0.825. The van der Waals surface area contributed by atoms with Crippen LogP contribution in [0, 0.1) is 0 Å². The molecule has 0 saturated carbocycles. The third-order valence-corrected chi connectivity index (χ3v) is 3.86. The zero-order chi connectivity index (χ0) is 15.5. The summed E-state index contributed by atoms with van der Waals surface area (Å²) in [5, 5.41) is 8.89. The first-order valence-corrected chi connectivity index (χ1v) is 7.29. The summed E-state index contributed by atoms with van der Waals surface area (Å²) in [4.78, 5) is 27.8. The smallest absolute Gasteiger partial charge is 0.358 e. The van der Waals surface area contributed by atoms with Gasteiger partial charge in [0.25, 0.3) is 0 Å². The molecule has 0 aliphatic carbocycles. The number of ether oxygens (including phenoxy) is 1. The first kappa shape index (κ1) is 14.2. The highest BCUT2D eigenvalue weighted by molar-refractivity contribution is 7.16. The molecule has 0 atom stereocenters. The Kier molecular flexibility index (Phi) is 3.84. The largest absolute Gasteiger partial charge is 0.464 e. The number of carbonyl (C=O) groups is 2. The maximum Gasteiger partial charge on any atom is 0.358 e. The van der Waals surface area contributed by atoms with E-state index in [0.717, 1.165) is 15.8 Å². The van der Waals surface area contributed by atoms with Gasteiger partial charge in [-0.3, -0.25) is 9.89 Å². The quantitative estimate of drug-likeness (QED) is 0.717. The highest BCUT2D eigenvalue weighted by atomic mass is 32.1. The van der Waals surface area contributed by atoms with Gasteiger partial charge in [-0.2, -0.15) is 5.10 Å². The van der Waals surface area contributed by atoms with Gasteiger partial charge in [0.1, 0.15) is 0 Å². The van der Waals surface area contributed by atoms with Crippen molar-refractivity contribution in [1.29, 1.82) is 0 Å². The maximum atomic E-state index is 12.1. The molecule has 2 heterocycles. The van der Waals surface area contributed by atoms with E-state index in [1.807, 2.05) is 18.2 Å². The number of aromatic amines is 1. The third kappa shape index (κ3) is 2.82. The van der Waals surface area contributed by atoms with Gasteiger partial charge >= 0.3 is 5.97 Å². The first-order valence-electron chi connectivity index (χ1n) is 6.41. The second-order valence-corrected chi connectivity index (χ2v) is 5.42. The Hall–Kier alpha value is -2.74. The number of fused-ring (bicyclic) bond motifs is 1. The molecule has 0 saturated heterocycles. The van der Waals surface area contributed by atoms with E-state index in [9.17, 15) is 9.59 Å². The molecule has 0 aliphatic rings. The highest BCUT2D eigenvalue weighted by Gasteiger charge is 2.16. The number of methoxy groups -OCH3 is 1. The SMILES string of the molecule is COC(=O)c1[nH]ncc1NC(=O)Cc1ccc2ncsc2c1. The molecule has 0 aliphatic heterocycles. The van der Waals surface area contributed by atoms with Gasteiger partial charge in [-0.15, -0.1) is 11.3 Å². The van der Waals surface area contributed by atoms with Crippen LogP contribution in [0.25, 0.3) is 10.2 Å². The van der Waals surface area contributed by atoms with Crippen LogP contribution in [-0.2, 0) is 16.0 Å². The number of esters is 1. The van der Waals surface area contributed by atoms with Crippen LogP contribution in [0.4, 0.5) is 5.69 Å². The second-order valence-electron chi connectivity index (χ2n) is 4.53. The number of amides is 1. The summed E-state index contributed by atoms with van der Waals surface area (Å²) in [7, 11) is 1.26. The molecule has 2 N–H and O–H groups in total. The van der Waals surface area contributed by atoms with E-state index in [2.05, 4.69) is 25.2 Å². The number of thiazole rings is 1. The van der Waals surface area contributed by atoms with Crippen molar-refractivity contribution in [3.8, 4) is 0 Å². The molecule has 0 radical (unpaired) electrons. The average Bonchev–Trinajstić information content (AvgIpc) is 3.14. The van der Waals surface area contributed by atoms with Crippen molar-refractivity contribution < 1.29 is 14.3 Å². The molecular formula is C14H12N4O3S. The van der Waals surface area contributed by atoms with E-state index in [1.54, 1.807) is 5.51 Å². The number of hydrogen-bond acceptors (Lipinski definition) is 6. The van der Waals surface area contributed by atoms with Crippen LogP contribution >= 0.6 is 11.3 Å². The van der Waals surface area contributed by atoms with Crippen LogP contribution in [0.5, 0.6) is 0 Å². The zero-order valence-electron chi connectivity index (χ0n) is 11.6. The van der Waals surface area contributed by atoms with Crippen LogP contribution < -0.4 is 5.32 Å². The Morgan fingerprint density at radius 3 is 3.09 bits per heavy atom. The Morgan fingerprint density at radius 2 is 2.27 bits per heavy atom. The number of carbonyl (C=O) groups excluding carboxylic acids is 2. The van der Waals surface area contributed by atoms with Crippen LogP contribution in [-0.4, -0.2) is 34.2 Å². The lowest BCUT2D eigenvalue weighted by Gasteiger charge is -2.05. The molecule has 1 aromatic carbocycles. The average molecular weight is 316 g/mol. The lowest BCUT2D eigenvalue weighted by molar-refractivity contribution is -0.115. The summed E-state index contributed by atoms with van der Waals surface area (Å²) < 4.78 is 5.64. The van der Waals surface area contributed by atoms with Gasteiger partial charge in [0.15, 0.2) is 5.69 Å². The molecule has 3 rings (SSSR count). The van der Waals surface area contributed by atoms with Crippen molar-refractivity contribution in [2.75, 3.05) is 12.4 Å². The lowest BCUT2D eigenvalue weighted by Crippen LogP contribution is -2.16. The van der Waals surface area contributed by atoms with Gasteiger partial charge in [-0.1, -0.05) is 6.07 Å². The van der Waals surface area contributed by atoms with Gasteiger partial charge in [-0.05, 0) is 17.7 Å². The standard InChI is InChI=1S/C14H12N4O3S/c1-21-14(20)13-10(6-16-18-13)17-12(19)5-8-2-3-9-11(4-8)22-7-15-9/h2-4,6-7H,5H2,1H3,(H,16,18)(H,17,19). The van der Waals surface area contributed by atoms with Gasteiger partial charge in [-0.25, -0.2) is 9.78 Å². The molecular weight excluding hydrogens is 304 g/mol. The highest BCUT2D eigenvalue weighted by Crippen LogP contribution is 2.20. The minimum absolute atomic E-state index is 0.119. The van der Waals surface area contributed by atoms with Crippen molar-refractivity contribution in [2.24, 2.45) is 0 Å². The molecule has 1 amide bonds. The van der Waals surface area contributed by atoms with Crippen LogP contribution in [0.1, 0.15) is 16.1 Å². The number of nitrogens with one attached hydrogen (secondary N) is 2. The van der Waals surface area contributed by atoms with Gasteiger partial charge < -0.3 is 10.1 Å². The molecule has 0 bridgehead atoms. The van der Waals surface area contributed by atoms with Crippen molar-refractivity contribution in [3.63, 3.8) is 0 Å². The van der Waals surface area contributed by atoms with Gasteiger partial charge in [0, 0.05) is 0 Å². The van der Waals surface area contributed by atoms with Gasteiger partial charge in [0.2, 0.25) is 5.91 Å². The molecule has 112 valence electrons. The molecule has 0 spiro atoms. The Morgan fingerprint density at radius 1 is 1.41 bits per heavy atom. The molecule has 22 heavy (non-hydrogen) atoms. The topological polar surface area (TPSA) is 97.0 Å². The van der Waals surface area contributed by atoms with E-state index >= 15 is 0 Å². The van der Waals surface area contributed by atoms with Crippen LogP contribution in [0.15, 0.2) is 29.9 Å². The number of aromatic nitrogens is 3. The minimum Gasteiger partial charge on any atom is -0.464 e. The number of nitrogens with zero attached hydrogens (tertiary/aromatic N) is 2. The molecule has 0 unspecified atom stereocenters. The fourth-order valence-electron chi connectivity index (χ4n) is 2.03. The van der Waals surface area contributed by atoms with Crippen molar-refractivity contribution in [2.45, 2.75) is 6.42 Å². The lowest BCUT2D eigenvalue weighted by atomic mass is 10.1. The summed E-state index contributed by atoms with van der Waals surface area (Å²) in [6.45, 7) is 0. The zero-order valence-corrected chi connectivity index (χ0v) is 12.4. The monoisotopic (exact) mass is 316 g/mol. The van der Waals surface area contributed by atoms with E-state index in [0.29, 0.717) is 5.69 Å². The molecule has 8 heteroatoms. The van der Waals surface area contributed by atoms with Crippen LogP contribution in [0.3, 0.4) is 0 Å². The number of hydrogen-bond donors (Lipinski definition) is 2. The number of rotatable bonds is 4. The van der Waals surface area contributed by atoms with E-state index in [1.165, 1.54) is 24.6 Å². The van der Waals surface area contributed by atoms with Crippen molar-refractivity contribution >= 4 is 39.1 Å².